The topological polar surface area (TPSA) is 0 Å². The van der Waals surface area contributed by atoms with Gasteiger partial charge in [0.05, 0.1) is 0 Å². The molecule has 75 valence electrons. The van der Waals surface area contributed by atoms with Crippen LogP contribution in [0, 0.1) is 17.8 Å². The van der Waals surface area contributed by atoms with Crippen LogP contribution in [0.2, 0.25) is 12.1 Å². The van der Waals surface area contributed by atoms with Crippen LogP contribution in [0.3, 0.4) is 0 Å². The molecule has 1 radical (unpaired) electrons. The number of rotatable bonds is 3. The van der Waals surface area contributed by atoms with Crippen molar-refractivity contribution < 1.29 is 0 Å². The van der Waals surface area contributed by atoms with Gasteiger partial charge >= 0.3 is 0 Å². The molecule has 0 bridgehead atoms. The molecule has 1 aliphatic rings. The lowest BCUT2D eigenvalue weighted by Gasteiger charge is -2.33. The Bertz CT molecular complexity index is 163. The molecule has 3 atom stereocenters. The van der Waals surface area contributed by atoms with Crippen LogP contribution in [0.15, 0.2) is 0 Å². The molecule has 1 fully saturated rings. The van der Waals surface area contributed by atoms with Gasteiger partial charge in [-0.1, -0.05) is 46.3 Å². The lowest BCUT2D eigenvalue weighted by Crippen LogP contribution is -2.24. The molecule has 0 aromatic rings. The van der Waals surface area contributed by atoms with Gasteiger partial charge < -0.3 is 0 Å². The molecule has 0 aromatic carbocycles. The van der Waals surface area contributed by atoms with Crippen molar-refractivity contribution in [2.45, 2.75) is 59.1 Å². The second-order valence-electron chi connectivity index (χ2n) is 5.44. The molecule has 1 rings (SSSR count). The first-order valence-electron chi connectivity index (χ1n) is 5.81. The first kappa shape index (κ1) is 11.1. The normalized spacial score (nSPS) is 35.0. The zero-order valence-electron chi connectivity index (χ0n) is 9.93. The summed E-state index contributed by atoms with van der Waals surface area (Å²) in [5, 5.41) is 0.448. The van der Waals surface area contributed by atoms with Crippen LogP contribution in [0.1, 0.15) is 47.0 Å². The summed E-state index contributed by atoms with van der Waals surface area (Å²) in [5.74, 6) is 2.85. The summed E-state index contributed by atoms with van der Waals surface area (Å²) < 4.78 is 0. The fourth-order valence-electron chi connectivity index (χ4n) is 2.96. The number of hydrogen-bond acceptors (Lipinski definition) is 0. The van der Waals surface area contributed by atoms with Gasteiger partial charge in [0, 0.05) is 0 Å². The van der Waals surface area contributed by atoms with E-state index in [-0.39, 0.29) is 0 Å². The van der Waals surface area contributed by atoms with Gasteiger partial charge in [0.2, 0.25) is 0 Å². The van der Waals surface area contributed by atoms with Gasteiger partial charge in [-0.2, -0.15) is 0 Å². The monoisotopic (exact) mass is 179 g/mol. The van der Waals surface area contributed by atoms with Gasteiger partial charge in [-0.3, -0.25) is 0 Å². The lowest BCUT2D eigenvalue weighted by atomic mass is 9.49. The molecule has 0 aliphatic heterocycles. The SMILES string of the molecule is C[B]C(C)(C)C1CC(CC)CC1C. The minimum absolute atomic E-state index is 0.448. The van der Waals surface area contributed by atoms with E-state index in [9.17, 15) is 0 Å². The van der Waals surface area contributed by atoms with Crippen LogP contribution < -0.4 is 0 Å². The van der Waals surface area contributed by atoms with Crippen molar-refractivity contribution in [1.82, 2.24) is 0 Å². The van der Waals surface area contributed by atoms with Crippen LogP contribution >= 0.6 is 0 Å². The smallest absolute Gasteiger partial charge is 0.0914 e. The van der Waals surface area contributed by atoms with Gasteiger partial charge in [0.1, 0.15) is 7.28 Å². The summed E-state index contributed by atoms with van der Waals surface area (Å²) in [6.07, 6.45) is 4.29. The maximum absolute atomic E-state index is 2.44. The van der Waals surface area contributed by atoms with E-state index >= 15 is 0 Å². The largest absolute Gasteiger partial charge is 0.114 e. The Kier molecular flexibility index (Phi) is 3.48. The summed E-state index contributed by atoms with van der Waals surface area (Å²) in [6.45, 7) is 11.8. The average molecular weight is 179 g/mol. The average Bonchev–Trinajstić information content (AvgIpc) is 2.47. The van der Waals surface area contributed by atoms with Gasteiger partial charge in [-0.05, 0) is 30.6 Å². The van der Waals surface area contributed by atoms with Crippen molar-refractivity contribution >= 4 is 7.28 Å². The van der Waals surface area contributed by atoms with Crippen molar-refractivity contribution in [1.29, 1.82) is 0 Å². The molecular formula is C12H24B. The Morgan fingerprint density at radius 1 is 1.31 bits per heavy atom. The number of hydrogen-bond donors (Lipinski definition) is 0. The fraction of sp³-hybridized carbons (Fsp3) is 1.00. The van der Waals surface area contributed by atoms with E-state index in [1.807, 2.05) is 0 Å². The first-order valence-corrected chi connectivity index (χ1v) is 5.81. The molecule has 1 aliphatic carbocycles. The second kappa shape index (κ2) is 4.06. The Labute approximate surface area is 84.7 Å². The molecule has 0 saturated heterocycles. The third kappa shape index (κ3) is 2.30. The predicted octanol–water partition coefficient (Wildman–Crippen LogP) is 4.01. The molecule has 0 aromatic heterocycles. The Morgan fingerprint density at radius 2 is 1.92 bits per heavy atom. The van der Waals surface area contributed by atoms with Crippen molar-refractivity contribution in [2.75, 3.05) is 0 Å². The van der Waals surface area contributed by atoms with E-state index in [0.29, 0.717) is 5.31 Å². The maximum atomic E-state index is 2.44. The highest BCUT2D eigenvalue weighted by Gasteiger charge is 2.38. The van der Waals surface area contributed by atoms with Crippen LogP contribution in [-0.4, -0.2) is 7.28 Å². The second-order valence-corrected chi connectivity index (χ2v) is 5.44. The van der Waals surface area contributed by atoms with E-state index in [0.717, 1.165) is 17.8 Å². The van der Waals surface area contributed by atoms with Gasteiger partial charge in [0.15, 0.2) is 0 Å². The van der Waals surface area contributed by atoms with Gasteiger partial charge in [0.25, 0.3) is 0 Å². The lowest BCUT2D eigenvalue weighted by molar-refractivity contribution is 0.325. The predicted molar refractivity (Wildman–Crippen MR) is 61.3 cm³/mol. The third-order valence-corrected chi connectivity index (χ3v) is 4.26. The Morgan fingerprint density at radius 3 is 2.31 bits per heavy atom. The highest BCUT2D eigenvalue weighted by molar-refractivity contribution is 6.38. The fourth-order valence-corrected chi connectivity index (χ4v) is 2.96. The van der Waals surface area contributed by atoms with E-state index in [2.05, 4.69) is 41.8 Å². The first-order chi connectivity index (χ1) is 6.01. The van der Waals surface area contributed by atoms with Crippen molar-refractivity contribution in [3.05, 3.63) is 0 Å². The summed E-state index contributed by atoms with van der Waals surface area (Å²) >= 11 is 0. The molecule has 0 amide bonds. The molecule has 1 heteroatoms. The molecule has 13 heavy (non-hydrogen) atoms. The van der Waals surface area contributed by atoms with Crippen LogP contribution in [-0.2, 0) is 0 Å². The minimum atomic E-state index is 0.448. The van der Waals surface area contributed by atoms with Gasteiger partial charge in [-0.15, -0.1) is 0 Å². The zero-order chi connectivity index (χ0) is 10.1. The molecular weight excluding hydrogens is 155 g/mol. The minimum Gasteiger partial charge on any atom is -0.0914 e. The Hall–Kier alpha value is 0.0649. The molecule has 0 N–H and O–H groups in total. The summed E-state index contributed by atoms with van der Waals surface area (Å²) in [7, 11) is 2.40. The van der Waals surface area contributed by atoms with Crippen molar-refractivity contribution in [3.8, 4) is 0 Å². The zero-order valence-corrected chi connectivity index (χ0v) is 9.93. The molecule has 3 unspecified atom stereocenters. The quantitative estimate of drug-likeness (QED) is 0.574. The highest BCUT2D eigenvalue weighted by atomic mass is 14.4. The van der Waals surface area contributed by atoms with E-state index < -0.39 is 0 Å². The maximum Gasteiger partial charge on any atom is 0.114 e. The van der Waals surface area contributed by atoms with Crippen LogP contribution in [0.25, 0.3) is 0 Å². The Balaban J connectivity index is 2.61. The third-order valence-electron chi connectivity index (χ3n) is 4.26. The van der Waals surface area contributed by atoms with E-state index in [4.69, 9.17) is 0 Å². The molecule has 1 saturated carbocycles. The molecule has 0 spiro atoms. The standard InChI is InChI=1S/C12H24B/c1-6-10-7-9(2)11(8-10)12(3,4)13-5/h9-11H,6-8H2,1-5H3. The van der Waals surface area contributed by atoms with Gasteiger partial charge in [-0.25, -0.2) is 0 Å². The molecule has 0 heterocycles. The van der Waals surface area contributed by atoms with Crippen LogP contribution in [0.4, 0.5) is 0 Å². The van der Waals surface area contributed by atoms with E-state index in [1.165, 1.54) is 19.3 Å². The summed E-state index contributed by atoms with van der Waals surface area (Å²) in [6, 6.07) is 0. The molecule has 0 nitrogen and oxygen atoms in total. The van der Waals surface area contributed by atoms with Crippen LogP contribution in [0.5, 0.6) is 0 Å². The van der Waals surface area contributed by atoms with Crippen molar-refractivity contribution in [2.24, 2.45) is 17.8 Å². The van der Waals surface area contributed by atoms with Crippen molar-refractivity contribution in [3.63, 3.8) is 0 Å². The highest BCUT2D eigenvalue weighted by Crippen LogP contribution is 2.50. The van der Waals surface area contributed by atoms with E-state index in [1.54, 1.807) is 0 Å². The summed E-state index contributed by atoms with van der Waals surface area (Å²) in [5.41, 5.74) is 0. The summed E-state index contributed by atoms with van der Waals surface area (Å²) in [4.78, 5) is 0.